The summed E-state index contributed by atoms with van der Waals surface area (Å²) in [6, 6.07) is 5.09. The molecule has 5 heteroatoms. The number of ether oxygens (including phenoxy) is 1. The van der Waals surface area contributed by atoms with E-state index in [2.05, 4.69) is 0 Å². The summed E-state index contributed by atoms with van der Waals surface area (Å²) in [5.74, 6) is 0.358. The van der Waals surface area contributed by atoms with Crippen LogP contribution in [0, 0.1) is 6.92 Å². The maximum absolute atomic E-state index is 12.5. The van der Waals surface area contributed by atoms with Crippen molar-refractivity contribution in [3.05, 3.63) is 23.8 Å². The second-order valence-electron chi connectivity index (χ2n) is 4.62. The van der Waals surface area contributed by atoms with Gasteiger partial charge in [-0.05, 0) is 38.5 Å². The number of nitrogens with two attached hydrogens (primary N) is 1. The molecule has 0 radical (unpaired) electrons. The highest BCUT2D eigenvalue weighted by atomic mass is 32.2. The molecule has 1 aromatic carbocycles. The van der Waals surface area contributed by atoms with Crippen molar-refractivity contribution >= 4 is 9.84 Å². The summed E-state index contributed by atoms with van der Waals surface area (Å²) < 4.78 is 29.0. The molecule has 1 aromatic rings. The smallest absolute Gasteiger partial charge is 0.188 e. The van der Waals surface area contributed by atoms with Crippen molar-refractivity contribution in [2.45, 2.75) is 30.4 Å². The summed E-state index contributed by atoms with van der Waals surface area (Å²) in [7, 11) is -2.05. The first-order chi connectivity index (χ1) is 7.76. The van der Waals surface area contributed by atoms with Gasteiger partial charge >= 0.3 is 0 Å². The van der Waals surface area contributed by atoms with E-state index in [-0.39, 0.29) is 11.4 Å². The molecule has 0 atom stereocenters. The van der Waals surface area contributed by atoms with Crippen LogP contribution in [0.25, 0.3) is 0 Å². The number of hydrogen-bond donors (Lipinski definition) is 1. The van der Waals surface area contributed by atoms with Gasteiger partial charge in [0.05, 0.1) is 11.9 Å². The predicted molar refractivity (Wildman–Crippen MR) is 68.1 cm³/mol. The zero-order valence-corrected chi connectivity index (χ0v) is 11.5. The van der Waals surface area contributed by atoms with Crippen molar-refractivity contribution in [3.63, 3.8) is 0 Å². The van der Waals surface area contributed by atoms with Crippen molar-refractivity contribution in [3.8, 4) is 5.75 Å². The molecular weight excluding hydrogens is 238 g/mol. The van der Waals surface area contributed by atoms with E-state index < -0.39 is 14.6 Å². The summed E-state index contributed by atoms with van der Waals surface area (Å²) in [5.41, 5.74) is 6.41. The van der Waals surface area contributed by atoms with Gasteiger partial charge in [-0.2, -0.15) is 0 Å². The second kappa shape index (κ2) is 4.66. The van der Waals surface area contributed by atoms with Crippen LogP contribution in [0.1, 0.15) is 19.4 Å². The number of methoxy groups -OCH3 is 1. The van der Waals surface area contributed by atoms with E-state index in [1.165, 1.54) is 7.11 Å². The molecule has 2 N–H and O–H groups in total. The summed E-state index contributed by atoms with van der Waals surface area (Å²) in [4.78, 5) is 0.204. The van der Waals surface area contributed by atoms with E-state index in [0.717, 1.165) is 5.56 Å². The Labute approximate surface area is 103 Å². The zero-order valence-electron chi connectivity index (χ0n) is 10.6. The van der Waals surface area contributed by atoms with Gasteiger partial charge < -0.3 is 10.5 Å². The lowest BCUT2D eigenvalue weighted by Crippen LogP contribution is -2.39. The van der Waals surface area contributed by atoms with Gasteiger partial charge in [0.15, 0.2) is 9.84 Å². The largest absolute Gasteiger partial charge is 0.495 e. The number of rotatable bonds is 4. The highest BCUT2D eigenvalue weighted by Crippen LogP contribution is 2.32. The third-order valence-electron chi connectivity index (χ3n) is 2.83. The van der Waals surface area contributed by atoms with Crippen LogP contribution in [0.4, 0.5) is 0 Å². The van der Waals surface area contributed by atoms with Gasteiger partial charge in [0.2, 0.25) is 0 Å². The fourth-order valence-corrected chi connectivity index (χ4v) is 2.97. The van der Waals surface area contributed by atoms with E-state index >= 15 is 0 Å². The molecular formula is C12H19NO3S. The lowest BCUT2D eigenvalue weighted by Gasteiger charge is -2.24. The third-order valence-corrected chi connectivity index (χ3v) is 5.35. The Morgan fingerprint density at radius 1 is 1.35 bits per heavy atom. The van der Waals surface area contributed by atoms with Crippen molar-refractivity contribution in [1.82, 2.24) is 0 Å². The van der Waals surface area contributed by atoms with Gasteiger partial charge in [0.1, 0.15) is 10.6 Å². The molecule has 0 bridgehead atoms. The Kier molecular flexibility index (Phi) is 3.84. The molecule has 0 unspecified atom stereocenters. The lowest BCUT2D eigenvalue weighted by atomic mass is 10.2. The molecule has 0 aliphatic heterocycles. The highest BCUT2D eigenvalue weighted by molar-refractivity contribution is 7.93. The van der Waals surface area contributed by atoms with Crippen molar-refractivity contribution in [2.75, 3.05) is 13.7 Å². The van der Waals surface area contributed by atoms with Gasteiger partial charge in [-0.15, -0.1) is 0 Å². The summed E-state index contributed by atoms with van der Waals surface area (Å²) in [6.07, 6.45) is 0. The quantitative estimate of drug-likeness (QED) is 0.887. The topological polar surface area (TPSA) is 69.4 Å². The first-order valence-corrected chi connectivity index (χ1v) is 6.84. The van der Waals surface area contributed by atoms with E-state index in [9.17, 15) is 8.42 Å². The minimum atomic E-state index is -3.50. The monoisotopic (exact) mass is 257 g/mol. The van der Waals surface area contributed by atoms with Crippen molar-refractivity contribution in [1.29, 1.82) is 0 Å². The second-order valence-corrected chi connectivity index (χ2v) is 7.17. The minimum Gasteiger partial charge on any atom is -0.495 e. The van der Waals surface area contributed by atoms with E-state index in [1.54, 1.807) is 26.0 Å². The molecule has 0 aliphatic carbocycles. The average molecular weight is 257 g/mol. The Balaban J connectivity index is 3.48. The molecule has 0 amide bonds. The fourth-order valence-electron chi connectivity index (χ4n) is 1.40. The predicted octanol–water partition coefficient (Wildman–Crippen LogP) is 1.51. The van der Waals surface area contributed by atoms with Gasteiger partial charge in [-0.25, -0.2) is 8.42 Å². The lowest BCUT2D eigenvalue weighted by molar-refractivity contribution is 0.401. The third kappa shape index (κ3) is 2.45. The minimum absolute atomic E-state index is 0.0619. The molecule has 0 fully saturated rings. The van der Waals surface area contributed by atoms with E-state index in [1.807, 2.05) is 13.0 Å². The molecule has 0 spiro atoms. The summed E-state index contributed by atoms with van der Waals surface area (Å²) in [6.45, 7) is 5.13. The van der Waals surface area contributed by atoms with Crippen LogP contribution in [0.2, 0.25) is 0 Å². The maximum atomic E-state index is 12.5. The highest BCUT2D eigenvalue weighted by Gasteiger charge is 2.36. The molecule has 0 heterocycles. The van der Waals surface area contributed by atoms with Crippen LogP contribution in [0.3, 0.4) is 0 Å². The Bertz CT molecular complexity index is 506. The molecule has 96 valence electrons. The van der Waals surface area contributed by atoms with Crippen LogP contribution in [-0.2, 0) is 9.84 Å². The van der Waals surface area contributed by atoms with Crippen LogP contribution in [-0.4, -0.2) is 26.8 Å². The first kappa shape index (κ1) is 14.0. The standard InChI is InChI=1S/C12H19NO3S/c1-9-5-6-10(16-4)11(7-9)17(14,15)12(2,3)8-13/h5-7H,8,13H2,1-4H3. The SMILES string of the molecule is COc1ccc(C)cc1S(=O)(=O)C(C)(C)CN. The van der Waals surface area contributed by atoms with Gasteiger partial charge in [-0.1, -0.05) is 6.07 Å². The van der Waals surface area contributed by atoms with Gasteiger partial charge in [0, 0.05) is 6.54 Å². The molecule has 0 aromatic heterocycles. The fraction of sp³-hybridized carbons (Fsp3) is 0.500. The number of hydrogen-bond acceptors (Lipinski definition) is 4. The number of aryl methyl sites for hydroxylation is 1. The van der Waals surface area contributed by atoms with Gasteiger partial charge in [0.25, 0.3) is 0 Å². The summed E-state index contributed by atoms with van der Waals surface area (Å²) in [5, 5.41) is 0. The first-order valence-electron chi connectivity index (χ1n) is 5.35. The molecule has 17 heavy (non-hydrogen) atoms. The van der Waals surface area contributed by atoms with Crippen LogP contribution in [0.15, 0.2) is 23.1 Å². The normalized spacial score (nSPS) is 12.5. The van der Waals surface area contributed by atoms with Crippen LogP contribution >= 0.6 is 0 Å². The van der Waals surface area contributed by atoms with Gasteiger partial charge in [-0.3, -0.25) is 0 Å². The molecule has 4 nitrogen and oxygen atoms in total. The molecule has 0 aliphatic rings. The molecule has 1 rings (SSSR count). The van der Waals surface area contributed by atoms with Crippen LogP contribution < -0.4 is 10.5 Å². The maximum Gasteiger partial charge on any atom is 0.188 e. The summed E-state index contributed by atoms with van der Waals surface area (Å²) >= 11 is 0. The number of benzene rings is 1. The zero-order chi connectivity index (χ0) is 13.3. The average Bonchev–Trinajstić information content (AvgIpc) is 2.28. The van der Waals surface area contributed by atoms with Crippen LogP contribution in [0.5, 0.6) is 5.75 Å². The molecule has 0 saturated carbocycles. The Morgan fingerprint density at radius 3 is 2.41 bits per heavy atom. The van der Waals surface area contributed by atoms with Crippen molar-refractivity contribution in [2.24, 2.45) is 5.73 Å². The number of sulfone groups is 1. The van der Waals surface area contributed by atoms with E-state index in [4.69, 9.17) is 10.5 Å². The Hall–Kier alpha value is -1.07. The Morgan fingerprint density at radius 2 is 1.94 bits per heavy atom. The van der Waals surface area contributed by atoms with Crippen molar-refractivity contribution < 1.29 is 13.2 Å². The van der Waals surface area contributed by atoms with E-state index in [0.29, 0.717) is 5.75 Å². The molecule has 0 saturated heterocycles.